The maximum absolute atomic E-state index is 11.8. The molecule has 1 aromatic rings. The number of nitrogens with one attached hydrogen (secondary N) is 1. The van der Waals surface area contributed by atoms with E-state index < -0.39 is 0 Å². The average molecular weight is 292 g/mol. The summed E-state index contributed by atoms with van der Waals surface area (Å²) in [5, 5.41) is 2.67. The minimum Gasteiger partial charge on any atom is -0.466 e. The minimum atomic E-state index is -0.360. The molecule has 6 nitrogen and oxygen atoms in total. The number of hydrogen-bond acceptors (Lipinski definition) is 4. The molecule has 0 aliphatic heterocycles. The molecule has 0 saturated heterocycles. The Bertz CT molecular complexity index is 528. The normalized spacial score (nSPS) is 9.86. The van der Waals surface area contributed by atoms with E-state index >= 15 is 0 Å². The summed E-state index contributed by atoms with van der Waals surface area (Å²) in [5.41, 5.74) is 1.09. The van der Waals surface area contributed by atoms with Crippen molar-refractivity contribution in [2.24, 2.45) is 0 Å². The summed E-state index contributed by atoms with van der Waals surface area (Å²) in [6.45, 7) is 5.04. The number of nitrogens with zero attached hydrogens (tertiary/aromatic N) is 1. The number of hydrogen-bond donors (Lipinski definition) is 1. The smallest absolute Gasteiger partial charge is 0.307 e. The minimum absolute atomic E-state index is 0.0990. The number of benzene rings is 1. The van der Waals surface area contributed by atoms with Crippen LogP contribution in [0.3, 0.4) is 0 Å². The van der Waals surface area contributed by atoms with Gasteiger partial charge in [0, 0.05) is 20.4 Å². The molecule has 0 radical (unpaired) electrons. The summed E-state index contributed by atoms with van der Waals surface area (Å²) >= 11 is 0. The Kier molecular flexibility index (Phi) is 6.39. The Labute approximate surface area is 124 Å². The number of carbonyl (C=O) groups is 3. The largest absolute Gasteiger partial charge is 0.466 e. The van der Waals surface area contributed by atoms with Crippen molar-refractivity contribution in [3.8, 4) is 0 Å². The molecule has 21 heavy (non-hydrogen) atoms. The van der Waals surface area contributed by atoms with Gasteiger partial charge < -0.3 is 15.0 Å². The maximum Gasteiger partial charge on any atom is 0.307 e. The molecular formula is C15H20N2O4. The van der Waals surface area contributed by atoms with Crippen molar-refractivity contribution in [1.29, 1.82) is 0 Å². The molecule has 0 aliphatic carbocycles. The van der Waals surface area contributed by atoms with Crippen molar-refractivity contribution in [3.63, 3.8) is 0 Å². The van der Waals surface area contributed by atoms with Crippen LogP contribution < -0.4 is 10.2 Å². The van der Waals surface area contributed by atoms with Crippen molar-refractivity contribution in [1.82, 2.24) is 0 Å². The van der Waals surface area contributed by atoms with Crippen LogP contribution in [0, 0.1) is 0 Å². The van der Waals surface area contributed by atoms with Crippen LogP contribution >= 0.6 is 0 Å². The quantitative estimate of drug-likeness (QED) is 0.813. The first-order valence-electron chi connectivity index (χ1n) is 6.76. The van der Waals surface area contributed by atoms with Crippen LogP contribution in [0.25, 0.3) is 0 Å². The second-order valence-corrected chi connectivity index (χ2v) is 4.42. The lowest BCUT2D eigenvalue weighted by Gasteiger charge is -2.23. The number of rotatable bonds is 6. The zero-order valence-electron chi connectivity index (χ0n) is 12.5. The molecule has 0 fully saturated rings. The monoisotopic (exact) mass is 292 g/mol. The molecule has 0 aromatic heterocycles. The fraction of sp³-hybridized carbons (Fsp3) is 0.400. The number of anilines is 2. The van der Waals surface area contributed by atoms with E-state index in [9.17, 15) is 14.4 Å². The highest BCUT2D eigenvalue weighted by atomic mass is 16.5. The molecule has 2 amide bonds. The van der Waals surface area contributed by atoms with E-state index in [4.69, 9.17) is 4.74 Å². The predicted octanol–water partition coefficient (Wildman–Crippen LogP) is 1.95. The molecule has 0 spiro atoms. The van der Waals surface area contributed by atoms with E-state index in [-0.39, 0.29) is 30.7 Å². The first kappa shape index (κ1) is 16.7. The maximum atomic E-state index is 11.8. The highest BCUT2D eigenvalue weighted by molar-refractivity contribution is 5.99. The summed E-state index contributed by atoms with van der Waals surface area (Å²) in [6.07, 6.45) is 0.0990. The van der Waals surface area contributed by atoms with E-state index in [1.54, 1.807) is 31.2 Å². The predicted molar refractivity (Wildman–Crippen MR) is 80.0 cm³/mol. The van der Waals surface area contributed by atoms with E-state index in [1.165, 1.54) is 18.7 Å². The third-order valence-corrected chi connectivity index (χ3v) is 2.73. The van der Waals surface area contributed by atoms with Crippen LogP contribution in [0.1, 0.15) is 27.2 Å². The lowest BCUT2D eigenvalue weighted by molar-refractivity contribution is -0.142. The standard InChI is InChI=1S/C15H20N2O4/c1-4-21-15(20)9-10-17(12(3)19)14-8-6-5-7-13(14)16-11(2)18/h5-8H,4,9-10H2,1-3H3,(H,16,18). The molecule has 0 saturated carbocycles. The van der Waals surface area contributed by atoms with E-state index in [2.05, 4.69) is 5.32 Å². The highest BCUT2D eigenvalue weighted by Gasteiger charge is 2.17. The third-order valence-electron chi connectivity index (χ3n) is 2.73. The molecule has 6 heteroatoms. The first-order chi connectivity index (χ1) is 9.95. The molecule has 1 aromatic carbocycles. The summed E-state index contributed by atoms with van der Waals surface area (Å²) in [6, 6.07) is 6.95. The summed E-state index contributed by atoms with van der Waals surface area (Å²) < 4.78 is 4.86. The van der Waals surface area contributed by atoms with Gasteiger partial charge in [-0.25, -0.2) is 0 Å². The van der Waals surface area contributed by atoms with Crippen molar-refractivity contribution in [3.05, 3.63) is 24.3 Å². The van der Waals surface area contributed by atoms with E-state index in [0.29, 0.717) is 18.0 Å². The molecule has 0 unspecified atom stereocenters. The summed E-state index contributed by atoms with van der Waals surface area (Å²) in [4.78, 5) is 35.9. The Morgan fingerprint density at radius 3 is 2.43 bits per heavy atom. The van der Waals surface area contributed by atoms with Crippen LogP contribution in [0.2, 0.25) is 0 Å². The van der Waals surface area contributed by atoms with Crippen LogP contribution in [-0.2, 0) is 19.1 Å². The first-order valence-corrected chi connectivity index (χ1v) is 6.76. The van der Waals surface area contributed by atoms with Crippen LogP contribution in [0.4, 0.5) is 11.4 Å². The molecule has 1 N–H and O–H groups in total. The van der Waals surface area contributed by atoms with Gasteiger partial charge in [-0.1, -0.05) is 12.1 Å². The number of para-hydroxylation sites is 2. The summed E-state index contributed by atoms with van der Waals surface area (Å²) in [7, 11) is 0. The van der Waals surface area contributed by atoms with Gasteiger partial charge in [0.1, 0.15) is 0 Å². The second-order valence-electron chi connectivity index (χ2n) is 4.42. The molecule has 114 valence electrons. The Morgan fingerprint density at radius 2 is 1.86 bits per heavy atom. The van der Waals surface area contributed by atoms with Gasteiger partial charge in [-0.3, -0.25) is 14.4 Å². The number of carbonyl (C=O) groups excluding carboxylic acids is 3. The van der Waals surface area contributed by atoms with Gasteiger partial charge in [0.15, 0.2) is 0 Å². The van der Waals surface area contributed by atoms with Crippen molar-refractivity contribution in [2.45, 2.75) is 27.2 Å². The van der Waals surface area contributed by atoms with Gasteiger partial charge in [0.2, 0.25) is 11.8 Å². The van der Waals surface area contributed by atoms with Gasteiger partial charge >= 0.3 is 5.97 Å². The van der Waals surface area contributed by atoms with Crippen molar-refractivity contribution in [2.75, 3.05) is 23.4 Å². The van der Waals surface area contributed by atoms with Crippen LogP contribution in [0.15, 0.2) is 24.3 Å². The van der Waals surface area contributed by atoms with Crippen LogP contribution in [0.5, 0.6) is 0 Å². The zero-order chi connectivity index (χ0) is 15.8. The van der Waals surface area contributed by atoms with Crippen molar-refractivity contribution >= 4 is 29.2 Å². The topological polar surface area (TPSA) is 75.7 Å². The van der Waals surface area contributed by atoms with E-state index in [1.807, 2.05) is 0 Å². The summed E-state index contributed by atoms with van der Waals surface area (Å²) in [5.74, 6) is -0.797. The van der Waals surface area contributed by atoms with E-state index in [0.717, 1.165) is 0 Å². The molecule has 0 heterocycles. The van der Waals surface area contributed by atoms with Gasteiger partial charge in [-0.05, 0) is 19.1 Å². The third kappa shape index (κ3) is 5.25. The fourth-order valence-electron chi connectivity index (χ4n) is 1.89. The van der Waals surface area contributed by atoms with Gasteiger partial charge in [-0.2, -0.15) is 0 Å². The molecule has 1 rings (SSSR count). The van der Waals surface area contributed by atoms with Gasteiger partial charge in [0.05, 0.1) is 24.4 Å². The van der Waals surface area contributed by atoms with Crippen molar-refractivity contribution < 1.29 is 19.1 Å². The van der Waals surface area contributed by atoms with Gasteiger partial charge in [0.25, 0.3) is 0 Å². The Hall–Kier alpha value is -2.37. The SMILES string of the molecule is CCOC(=O)CCN(C(C)=O)c1ccccc1NC(C)=O. The molecule has 0 bridgehead atoms. The zero-order valence-corrected chi connectivity index (χ0v) is 12.5. The number of ether oxygens (including phenoxy) is 1. The lowest BCUT2D eigenvalue weighted by Crippen LogP contribution is -2.32. The molecular weight excluding hydrogens is 272 g/mol. The highest BCUT2D eigenvalue weighted by Crippen LogP contribution is 2.26. The Morgan fingerprint density at radius 1 is 1.19 bits per heavy atom. The van der Waals surface area contributed by atoms with Gasteiger partial charge in [-0.15, -0.1) is 0 Å². The fourth-order valence-corrected chi connectivity index (χ4v) is 1.89. The number of esters is 1. The number of amides is 2. The second kappa shape index (κ2) is 8.04. The van der Waals surface area contributed by atoms with Crippen LogP contribution in [-0.4, -0.2) is 30.9 Å². The lowest BCUT2D eigenvalue weighted by atomic mass is 10.2. The molecule has 0 atom stereocenters. The molecule has 0 aliphatic rings. The Balaban J connectivity index is 2.93. The average Bonchev–Trinajstić information content (AvgIpc) is 2.40.